The number of ether oxygens (including phenoxy) is 2. The zero-order valence-corrected chi connectivity index (χ0v) is 14.7. The van der Waals surface area contributed by atoms with Gasteiger partial charge in [-0.3, -0.25) is 9.59 Å². The molecule has 126 valence electrons. The molecular weight excluding hydrogens is 341 g/mol. The van der Waals surface area contributed by atoms with Gasteiger partial charge >= 0.3 is 5.97 Å². The standard InChI is InChI=1S/C16H19Cl2NO4/c1-4-22-12-7-5-11(6-8-12)19-13(20)10(2)23-14(21)15(3)9-16(15,17)18/h5-8,10H,4,9H2,1-3H3,(H,19,20). The Kier molecular flexibility index (Phi) is 5.11. The van der Waals surface area contributed by atoms with Gasteiger partial charge in [0.25, 0.3) is 5.91 Å². The number of halogens is 2. The van der Waals surface area contributed by atoms with E-state index in [1.807, 2.05) is 6.92 Å². The smallest absolute Gasteiger partial charge is 0.315 e. The van der Waals surface area contributed by atoms with E-state index in [1.165, 1.54) is 6.92 Å². The van der Waals surface area contributed by atoms with Gasteiger partial charge in [-0.25, -0.2) is 0 Å². The zero-order valence-electron chi connectivity index (χ0n) is 13.2. The minimum atomic E-state index is -1.12. The van der Waals surface area contributed by atoms with E-state index in [0.29, 0.717) is 24.5 Å². The molecular formula is C16H19Cl2NO4. The Labute approximate surface area is 145 Å². The van der Waals surface area contributed by atoms with Crippen molar-refractivity contribution in [3.63, 3.8) is 0 Å². The lowest BCUT2D eigenvalue weighted by Crippen LogP contribution is -2.33. The molecule has 1 fully saturated rings. The maximum atomic E-state index is 12.1. The molecule has 1 aromatic rings. The fraction of sp³-hybridized carbons (Fsp3) is 0.500. The quantitative estimate of drug-likeness (QED) is 0.623. The maximum Gasteiger partial charge on any atom is 0.315 e. The third-order valence-electron chi connectivity index (χ3n) is 3.79. The highest BCUT2D eigenvalue weighted by Crippen LogP contribution is 2.64. The maximum absolute atomic E-state index is 12.1. The topological polar surface area (TPSA) is 64.6 Å². The van der Waals surface area contributed by atoms with Crippen LogP contribution in [0.2, 0.25) is 0 Å². The van der Waals surface area contributed by atoms with Crippen LogP contribution in [0.5, 0.6) is 5.75 Å². The molecule has 2 rings (SSSR count). The van der Waals surface area contributed by atoms with Gasteiger partial charge in [0.05, 0.1) is 6.61 Å². The molecule has 7 heteroatoms. The lowest BCUT2D eigenvalue weighted by atomic mass is 10.1. The third-order valence-corrected chi connectivity index (χ3v) is 4.90. The number of carbonyl (C=O) groups excluding carboxylic acids is 2. The van der Waals surface area contributed by atoms with Crippen molar-refractivity contribution in [2.24, 2.45) is 5.41 Å². The van der Waals surface area contributed by atoms with Crippen molar-refractivity contribution in [1.82, 2.24) is 0 Å². The number of hydrogen-bond donors (Lipinski definition) is 1. The highest BCUT2D eigenvalue weighted by Gasteiger charge is 2.69. The van der Waals surface area contributed by atoms with Crippen molar-refractivity contribution in [3.05, 3.63) is 24.3 Å². The summed E-state index contributed by atoms with van der Waals surface area (Å²) in [4.78, 5) is 24.1. The van der Waals surface area contributed by atoms with Gasteiger partial charge in [0.1, 0.15) is 15.5 Å². The lowest BCUT2D eigenvalue weighted by Gasteiger charge is -2.17. The molecule has 0 aliphatic heterocycles. The molecule has 5 nitrogen and oxygen atoms in total. The van der Waals surface area contributed by atoms with Gasteiger partial charge in [0.2, 0.25) is 0 Å². The molecule has 1 aromatic carbocycles. The summed E-state index contributed by atoms with van der Waals surface area (Å²) < 4.78 is 9.37. The molecule has 1 N–H and O–H groups in total. The van der Waals surface area contributed by atoms with Crippen molar-refractivity contribution >= 4 is 40.8 Å². The van der Waals surface area contributed by atoms with Crippen molar-refractivity contribution < 1.29 is 19.1 Å². The minimum Gasteiger partial charge on any atom is -0.494 e. The molecule has 1 aliphatic rings. The number of benzene rings is 1. The number of hydrogen-bond acceptors (Lipinski definition) is 4. The molecule has 0 saturated heterocycles. The Morgan fingerprint density at radius 3 is 2.35 bits per heavy atom. The Morgan fingerprint density at radius 1 is 1.30 bits per heavy atom. The fourth-order valence-electron chi connectivity index (χ4n) is 2.01. The van der Waals surface area contributed by atoms with Crippen LogP contribution in [0.3, 0.4) is 0 Å². The van der Waals surface area contributed by atoms with E-state index in [2.05, 4.69) is 5.32 Å². The van der Waals surface area contributed by atoms with E-state index in [1.54, 1.807) is 31.2 Å². The van der Waals surface area contributed by atoms with Crippen LogP contribution in [-0.4, -0.2) is 28.9 Å². The molecule has 0 spiro atoms. The Morgan fingerprint density at radius 2 is 1.87 bits per heavy atom. The van der Waals surface area contributed by atoms with Crippen LogP contribution >= 0.6 is 23.2 Å². The summed E-state index contributed by atoms with van der Waals surface area (Å²) >= 11 is 11.9. The third kappa shape index (κ3) is 3.90. The second-order valence-electron chi connectivity index (χ2n) is 5.71. The Balaban J connectivity index is 1.89. The second-order valence-corrected chi connectivity index (χ2v) is 7.19. The zero-order chi connectivity index (χ0) is 17.3. The van der Waals surface area contributed by atoms with Gasteiger partial charge in [-0.05, 0) is 45.0 Å². The van der Waals surface area contributed by atoms with Crippen molar-refractivity contribution in [3.8, 4) is 5.75 Å². The predicted molar refractivity (Wildman–Crippen MR) is 89.0 cm³/mol. The number of amides is 1. The van der Waals surface area contributed by atoms with E-state index in [4.69, 9.17) is 32.7 Å². The number of alkyl halides is 2. The van der Waals surface area contributed by atoms with E-state index < -0.39 is 27.7 Å². The van der Waals surface area contributed by atoms with Gasteiger partial charge < -0.3 is 14.8 Å². The fourth-order valence-corrected chi connectivity index (χ4v) is 2.70. The first-order chi connectivity index (χ1) is 10.7. The van der Waals surface area contributed by atoms with Gasteiger partial charge in [0.15, 0.2) is 6.10 Å². The van der Waals surface area contributed by atoms with Crippen LogP contribution in [0.4, 0.5) is 5.69 Å². The number of nitrogens with one attached hydrogen (secondary N) is 1. The van der Waals surface area contributed by atoms with Crippen LogP contribution in [0.15, 0.2) is 24.3 Å². The summed E-state index contributed by atoms with van der Waals surface area (Å²) in [5.41, 5.74) is -0.368. The average Bonchev–Trinajstić information content (AvgIpc) is 3.01. The Hall–Kier alpha value is -1.46. The molecule has 23 heavy (non-hydrogen) atoms. The normalized spacial score (nSPS) is 22.8. The average molecular weight is 360 g/mol. The Bertz CT molecular complexity index is 603. The molecule has 2 unspecified atom stereocenters. The monoisotopic (exact) mass is 359 g/mol. The van der Waals surface area contributed by atoms with Gasteiger partial charge in [-0.1, -0.05) is 0 Å². The highest BCUT2D eigenvalue weighted by molar-refractivity contribution is 6.53. The van der Waals surface area contributed by atoms with E-state index in [-0.39, 0.29) is 0 Å². The summed E-state index contributed by atoms with van der Waals surface area (Å²) in [5, 5.41) is 2.67. The number of anilines is 1. The summed E-state index contributed by atoms with van der Waals surface area (Å²) in [5.74, 6) is -0.287. The molecule has 0 bridgehead atoms. The summed E-state index contributed by atoms with van der Waals surface area (Å²) in [6.07, 6.45) is -0.634. The number of rotatable bonds is 6. The molecule has 1 saturated carbocycles. The second kappa shape index (κ2) is 6.57. The lowest BCUT2D eigenvalue weighted by molar-refractivity contribution is -0.158. The van der Waals surface area contributed by atoms with Gasteiger partial charge in [-0.15, -0.1) is 23.2 Å². The van der Waals surface area contributed by atoms with Crippen LogP contribution in [-0.2, 0) is 14.3 Å². The van der Waals surface area contributed by atoms with Crippen LogP contribution in [0.25, 0.3) is 0 Å². The first kappa shape index (κ1) is 17.9. The number of carbonyl (C=O) groups is 2. The highest BCUT2D eigenvalue weighted by atomic mass is 35.5. The van der Waals surface area contributed by atoms with Crippen LogP contribution < -0.4 is 10.1 Å². The van der Waals surface area contributed by atoms with Crippen molar-refractivity contribution in [1.29, 1.82) is 0 Å². The summed E-state index contributed by atoms with van der Waals surface area (Å²) in [7, 11) is 0. The minimum absolute atomic E-state index is 0.315. The summed E-state index contributed by atoms with van der Waals surface area (Å²) in [6.45, 7) is 5.58. The SMILES string of the molecule is CCOc1ccc(NC(=O)C(C)OC(=O)C2(C)CC2(Cl)Cl)cc1. The van der Waals surface area contributed by atoms with E-state index in [0.717, 1.165) is 0 Å². The molecule has 0 heterocycles. The first-order valence-electron chi connectivity index (χ1n) is 7.32. The number of esters is 1. The van der Waals surface area contributed by atoms with Crippen LogP contribution in [0.1, 0.15) is 27.2 Å². The van der Waals surface area contributed by atoms with E-state index >= 15 is 0 Å². The molecule has 0 aromatic heterocycles. The van der Waals surface area contributed by atoms with Crippen molar-refractivity contribution in [2.75, 3.05) is 11.9 Å². The largest absolute Gasteiger partial charge is 0.494 e. The van der Waals surface area contributed by atoms with E-state index in [9.17, 15) is 9.59 Å². The molecule has 2 atom stereocenters. The summed E-state index contributed by atoms with van der Waals surface area (Å²) in [6, 6.07) is 6.91. The van der Waals surface area contributed by atoms with Crippen LogP contribution in [0, 0.1) is 5.41 Å². The van der Waals surface area contributed by atoms with Gasteiger partial charge in [-0.2, -0.15) is 0 Å². The molecule has 0 radical (unpaired) electrons. The van der Waals surface area contributed by atoms with Crippen molar-refractivity contribution in [2.45, 2.75) is 37.6 Å². The first-order valence-corrected chi connectivity index (χ1v) is 8.08. The molecule has 1 aliphatic carbocycles. The van der Waals surface area contributed by atoms with Gasteiger partial charge in [0, 0.05) is 12.1 Å². The molecule has 1 amide bonds. The predicted octanol–water partition coefficient (Wildman–Crippen LogP) is 3.54.